The number of nitrogens with two attached hydrogens (primary N) is 3. The number of nitrogens with one attached hydrogen (secondary N) is 5. The summed E-state index contributed by atoms with van der Waals surface area (Å²) in [6.07, 6.45) is 17.2. The molecule has 3 saturated heterocycles. The molecule has 38 nitrogen and oxygen atoms in total. The number of anilines is 3. The quantitative estimate of drug-likeness (QED) is 0.0168. The number of nitrogen functional groups attached to an aromatic ring is 1. The van der Waals surface area contributed by atoms with Crippen molar-refractivity contribution in [2.24, 2.45) is 11.5 Å². The van der Waals surface area contributed by atoms with Gasteiger partial charge in [0.05, 0.1) is 106 Å². The summed E-state index contributed by atoms with van der Waals surface area (Å²) < 4.78 is 28.8. The number of morpholine rings is 3. The van der Waals surface area contributed by atoms with E-state index in [-0.39, 0.29) is 46.4 Å². The number of aromatic amines is 4. The number of nitriles is 1. The van der Waals surface area contributed by atoms with Crippen LogP contribution in [0.25, 0.3) is 125 Å². The second-order valence-corrected chi connectivity index (χ2v) is 33.6. The Labute approximate surface area is 806 Å². The van der Waals surface area contributed by atoms with E-state index in [0.29, 0.717) is 88.1 Å². The molecule has 19 aromatic rings. The van der Waals surface area contributed by atoms with E-state index < -0.39 is 18.8 Å². The highest BCUT2D eigenvalue weighted by atomic mass is 35.5. The molecular weight excluding hydrogens is 1920 g/mol. The summed E-state index contributed by atoms with van der Waals surface area (Å²) in [6.45, 7) is 14.3. The van der Waals surface area contributed by atoms with Crippen molar-refractivity contribution in [2.45, 2.75) is 21.3 Å². The average Bonchev–Trinajstić information content (AvgIpc) is 1.61. The van der Waals surface area contributed by atoms with Crippen molar-refractivity contribution in [3.63, 3.8) is 0 Å². The van der Waals surface area contributed by atoms with Crippen molar-refractivity contribution in [1.82, 2.24) is 95.0 Å². The number of H-pyrrole nitrogens is 4. The van der Waals surface area contributed by atoms with Gasteiger partial charge in [0, 0.05) is 152 Å². The maximum absolute atomic E-state index is 11.5. The summed E-state index contributed by atoms with van der Waals surface area (Å²) in [5.74, 6) is 2.11. The van der Waals surface area contributed by atoms with Crippen LogP contribution in [0.1, 0.15) is 36.5 Å². The van der Waals surface area contributed by atoms with Gasteiger partial charge in [0.15, 0.2) is 22.6 Å². The van der Waals surface area contributed by atoms with Crippen molar-refractivity contribution in [1.29, 1.82) is 5.26 Å². The molecule has 3 aliphatic rings. The molecule has 134 heavy (non-hydrogen) atoms. The molecule has 3 fully saturated rings. The molecule has 0 bridgehead atoms. The molecule has 0 radical (unpaired) electrons. The van der Waals surface area contributed by atoms with Crippen molar-refractivity contribution in [3.05, 3.63) is 211 Å². The van der Waals surface area contributed by atoms with Crippen LogP contribution < -0.4 is 49.0 Å². The van der Waals surface area contributed by atoms with Gasteiger partial charge in [-0.3, -0.25) is 14.6 Å². The number of hydrogen-bond acceptors (Lipinski definition) is 38. The van der Waals surface area contributed by atoms with Crippen molar-refractivity contribution >= 4 is 278 Å². The van der Waals surface area contributed by atoms with Crippen LogP contribution in [0.5, 0.6) is 0 Å². The first-order chi connectivity index (χ1) is 64.6. The van der Waals surface area contributed by atoms with Gasteiger partial charge in [-0.2, -0.15) is 22.9 Å². The molecule has 2 amide bonds. The molecule has 22 rings (SSSR count). The van der Waals surface area contributed by atoms with Crippen LogP contribution in [0.4, 0.5) is 22.1 Å². The number of aromatic nitrogens is 18. The fraction of sp³-hybridized carbons (Fsp3) is 0.224. The molecule has 3 aliphatic heterocycles. The zero-order chi connectivity index (χ0) is 94.5. The molecule has 0 aromatic carbocycles. The molecule has 19 aromatic heterocycles. The Balaban J connectivity index is 0.000000148. The monoisotopic (exact) mass is 2010 g/mol. The van der Waals surface area contributed by atoms with Gasteiger partial charge in [-0.25, -0.2) is 79.2 Å². The molecule has 49 heteroatoms. The summed E-state index contributed by atoms with van der Waals surface area (Å²) in [7, 11) is -0.439. The summed E-state index contributed by atoms with van der Waals surface area (Å²) in [5, 5.41) is 43.9. The van der Waals surface area contributed by atoms with Crippen LogP contribution >= 0.6 is 116 Å². The molecule has 694 valence electrons. The van der Waals surface area contributed by atoms with Gasteiger partial charge in [-0.1, -0.05) is 30.6 Å². The Morgan fingerprint density at radius 1 is 0.530 bits per heavy atom. The van der Waals surface area contributed by atoms with Crippen LogP contribution in [0.3, 0.4) is 0 Å². The van der Waals surface area contributed by atoms with Gasteiger partial charge < -0.3 is 86.1 Å². The second-order valence-electron chi connectivity index (χ2n) is 26.9. The van der Waals surface area contributed by atoms with E-state index >= 15 is 0 Å². The number of fused-ring (bicyclic) bond motifs is 15. The standard InChI is InChI=1S/C20H16N6OS.C13H11ClN4OS.C10H10N2O2S.C9H3Cl2N3S.C9H5N3O2S.C7H7BN2O2.C6H3ClN2.C4H9NO.C4H8O2S.CH4N2O.CH4O.CH4/c1-2-14-15-16(28-20(14)23-5-1)19(26-8-10-27-11-9-26)25-18(24-15)13-4-7-22-17-12(13)3-6-21-17;14-13-16-9-8-2-1-3-15-12(8)20-10(9)11(17-13)18-4-6-19-7-5-18;1-2-14-10(13)8-7(11)6-4-3-5-12-9(6)15-8;10-7-6-5(13-9(11)14-7)4-2-1-3-12-8(4)15-6;13-7-6-5(11-9(14)12-7)4-2-1-3-10-8(4)15-6;11-8(12)6-2-4-10-7-5(6)1-3-9-7;7-6-5(4-8)2-1-3-9-6;1-3-6-4-2-5-1;1-2-6-4(5)3-7;2-1(3)4;1-2;/h1-7H,8-11H2,(H,21,22);1-3H,4-7H2;3-5H,2,11H2,1H3;1-3H;1-3H,(H2,11,12,13,14);1-4,11-12H,(H,9,10);1-3H;5H,1-4H2;7H,2-3H2,1H3;(H4,2,3,4);2H,1H3;1H4. The lowest BCUT2D eigenvalue weighted by Crippen LogP contribution is -2.36. The maximum atomic E-state index is 11.5. The third kappa shape index (κ3) is 26.1. The number of thiol groups is 1. The van der Waals surface area contributed by atoms with Crippen molar-refractivity contribution in [2.75, 3.05) is 121 Å². The van der Waals surface area contributed by atoms with Gasteiger partial charge >= 0.3 is 30.8 Å². The van der Waals surface area contributed by atoms with E-state index in [9.17, 15) is 19.2 Å². The van der Waals surface area contributed by atoms with E-state index in [4.69, 9.17) is 106 Å². The molecule has 0 unspecified atom stereocenters. The Morgan fingerprint density at radius 2 is 0.985 bits per heavy atom. The van der Waals surface area contributed by atoms with E-state index in [1.165, 1.54) is 40.2 Å². The number of rotatable bonds is 8. The summed E-state index contributed by atoms with van der Waals surface area (Å²) in [5.41, 5.74) is 20.5. The van der Waals surface area contributed by atoms with Crippen molar-refractivity contribution in [3.8, 4) is 17.5 Å². The molecule has 0 spiro atoms. The minimum Gasteiger partial charge on any atom is -0.465 e. The smallest absolute Gasteiger partial charge is 0.465 e. The fourth-order valence-corrected chi connectivity index (χ4v) is 18.8. The van der Waals surface area contributed by atoms with Gasteiger partial charge in [-0.15, -0.1) is 56.7 Å². The number of ether oxygens (including phenoxy) is 5. The van der Waals surface area contributed by atoms with Crippen LogP contribution in [0.2, 0.25) is 20.9 Å². The van der Waals surface area contributed by atoms with E-state index in [1.807, 2.05) is 73.1 Å². The SMILES string of the molecule is C.C1COCCN1.CCOC(=O)CS.CCOC(=O)c1sc2ncccc2c1N.CO.Clc1nc(Cl)c2sc3ncccc3c2n1.Clc1nc(N2CCOCC2)c2sc3ncccc3c2n1.N#Cc1cccnc1Cl.NC(N)=O.O=c1[nH]c(=O)c2sc3ncccc3c2[nH]1.OB(O)c1ccnc2[nH]ccc12.c1cnc2sc3c(N4CCOCC4)nc(-c4ccnc5[nH]ccc45)nc3c2c1. The number of esters is 2. The third-order valence-electron chi connectivity index (χ3n) is 18.5. The Hall–Kier alpha value is -12.6. The first kappa shape index (κ1) is 102. The highest BCUT2D eigenvalue weighted by molar-refractivity contribution is 7.81. The first-order valence-corrected chi connectivity index (χ1v) is 46.2. The molecule has 22 heterocycles. The van der Waals surface area contributed by atoms with Crippen LogP contribution in [-0.2, 0) is 28.5 Å². The largest absolute Gasteiger partial charge is 0.489 e. The van der Waals surface area contributed by atoms with Gasteiger partial charge in [0.1, 0.15) is 56.2 Å². The second kappa shape index (κ2) is 50.5. The minimum atomic E-state index is -1.44. The zero-order valence-electron chi connectivity index (χ0n) is 70.5. The number of aliphatic hydroxyl groups excluding tert-OH is 1. The third-order valence-corrected chi connectivity index (χ3v) is 25.3. The Kier molecular flexibility index (Phi) is 38.4. The number of thiophene rings is 5. The van der Waals surface area contributed by atoms with Crippen LogP contribution in [-0.4, -0.2) is 235 Å². The van der Waals surface area contributed by atoms with Crippen LogP contribution in [0, 0.1) is 11.3 Å². The predicted molar refractivity (Wildman–Crippen MR) is 535 cm³/mol. The lowest BCUT2D eigenvalue weighted by molar-refractivity contribution is -0.139. The normalized spacial score (nSPS) is 12.5. The zero-order valence-corrected chi connectivity index (χ0v) is 78.5. The van der Waals surface area contributed by atoms with Gasteiger partial charge in [0.25, 0.3) is 5.56 Å². The number of halogens is 4. The number of hydrogen-bond donors (Lipinski definition) is 12. The number of aliphatic hydroxyl groups is 1. The molecule has 14 N–H and O–H groups in total. The topological polar surface area (TPSA) is 556 Å². The number of primary amides is 2. The van der Waals surface area contributed by atoms with E-state index in [0.717, 1.165) is 175 Å². The molecule has 0 aliphatic carbocycles. The first-order valence-electron chi connectivity index (χ1n) is 40.0. The van der Waals surface area contributed by atoms with Crippen LogP contribution in [0.15, 0.2) is 169 Å². The number of amides is 2. The highest BCUT2D eigenvalue weighted by Crippen LogP contribution is 2.42. The fourth-order valence-electron chi connectivity index (χ4n) is 12.8. The van der Waals surface area contributed by atoms with Gasteiger partial charge in [-0.05, 0) is 140 Å². The average molecular weight is 2010 g/mol. The van der Waals surface area contributed by atoms with E-state index in [1.54, 1.807) is 116 Å². The number of urea groups is 1. The van der Waals surface area contributed by atoms with Gasteiger partial charge in [0.2, 0.25) is 10.6 Å². The summed E-state index contributed by atoms with van der Waals surface area (Å²) >= 11 is 34.3. The predicted octanol–water partition coefficient (Wildman–Crippen LogP) is 13.0. The van der Waals surface area contributed by atoms with E-state index in [2.05, 4.69) is 130 Å². The highest BCUT2D eigenvalue weighted by Gasteiger charge is 2.26. The lowest BCUT2D eigenvalue weighted by atomic mass is 9.79. The molecule has 0 saturated carbocycles. The summed E-state index contributed by atoms with van der Waals surface area (Å²) in [4.78, 5) is 134. The Morgan fingerprint density at radius 3 is 1.48 bits per heavy atom. The number of nitrogens with zero attached hydrogens (tertiary/aromatic N) is 17. The Bertz CT molecular complexity index is 7360. The number of pyridine rings is 8. The minimum absolute atomic E-state index is 0. The van der Waals surface area contributed by atoms with Crippen molar-refractivity contribution < 1.29 is 53.2 Å². The molecular formula is C85H84BCl4N25O13S6. The number of carbonyl (C=O) groups excluding carboxylic acids is 3. The summed E-state index contributed by atoms with van der Waals surface area (Å²) in [6, 6.07) is 30.7. The molecule has 0 atom stereocenters. The maximum Gasteiger partial charge on any atom is 0.489 e. The number of carbonyl (C=O) groups is 3. The lowest BCUT2D eigenvalue weighted by Gasteiger charge is -2.28.